The molecular formula is C76H160. The van der Waals surface area contributed by atoms with E-state index in [2.05, 4.69) is 24.3 Å². The zero-order valence-electron chi connectivity index (χ0n) is 44.1. The quantitative estimate of drug-likeness (QED) is 0.168. The van der Waals surface area contributed by atoms with Crippen LogP contribution in [0.4, 0.5) is 0 Å². The van der Waals surface area contributed by atoms with E-state index in [-0.39, 0.29) is 81.7 Å². The highest BCUT2D eigenvalue weighted by atomic mass is 14.5. The average Bonchev–Trinajstić information content (AvgIpc) is 3.75. The zero-order chi connectivity index (χ0) is 44.7. The van der Waals surface area contributed by atoms with Gasteiger partial charge >= 0.3 is 0 Å². The van der Waals surface area contributed by atoms with Gasteiger partial charge in [-0.05, 0) is 149 Å². The van der Waals surface area contributed by atoms with Gasteiger partial charge in [-0.1, -0.05) is 344 Å². The summed E-state index contributed by atoms with van der Waals surface area (Å²) < 4.78 is 0. The van der Waals surface area contributed by atoms with Crippen LogP contribution < -0.4 is 0 Å². The Morgan fingerprint density at radius 2 is 0.368 bits per heavy atom. The minimum atomic E-state index is 0. The summed E-state index contributed by atoms with van der Waals surface area (Å²) in [5, 5.41) is 0. The molecule has 0 saturated heterocycles. The van der Waals surface area contributed by atoms with Gasteiger partial charge in [0.1, 0.15) is 0 Å². The number of rotatable bonds is 0. The lowest BCUT2D eigenvalue weighted by atomic mass is 9.56. The minimum Gasteiger partial charge on any atom is -0.0885 e. The number of hydrogen-bond acceptors (Lipinski definition) is 0. The van der Waals surface area contributed by atoms with E-state index in [1.165, 1.54) is 267 Å². The van der Waals surface area contributed by atoms with Gasteiger partial charge < -0.3 is 0 Å². The van der Waals surface area contributed by atoms with Crippen molar-refractivity contribution in [3.63, 3.8) is 0 Å². The summed E-state index contributed by atoms with van der Waals surface area (Å²) in [6, 6.07) is 0. The van der Waals surface area contributed by atoms with Crippen molar-refractivity contribution in [2.75, 3.05) is 0 Å². The first kappa shape index (κ1) is 86.7. The Morgan fingerprint density at radius 3 is 0.487 bits per heavy atom. The number of fused-ring (bicyclic) bond motifs is 5. The zero-order valence-corrected chi connectivity index (χ0v) is 44.1. The topological polar surface area (TPSA) is 0 Å². The van der Waals surface area contributed by atoms with Gasteiger partial charge in [0.15, 0.2) is 0 Å². The molecule has 0 aliphatic heterocycles. The largest absolute Gasteiger partial charge is 0.0885 e. The van der Waals surface area contributed by atoms with Crippen molar-refractivity contribution >= 4 is 0 Å². The first-order chi connectivity index (χ1) is 32.3. The first-order valence-corrected chi connectivity index (χ1v) is 31.6. The van der Waals surface area contributed by atoms with Crippen molar-refractivity contribution in [3.8, 4) is 0 Å². The summed E-state index contributed by atoms with van der Waals surface area (Å²) in [6.07, 6.45) is 86.5. The van der Waals surface area contributed by atoms with E-state index in [0.29, 0.717) is 0 Å². The van der Waals surface area contributed by atoms with Crippen LogP contribution in [0.15, 0.2) is 24.3 Å². The number of hydrogen-bond donors (Lipinski definition) is 0. The summed E-state index contributed by atoms with van der Waals surface area (Å²) in [4.78, 5) is 0. The van der Waals surface area contributed by atoms with Crippen LogP contribution in [0.1, 0.15) is 409 Å². The molecule has 0 aromatic rings. The van der Waals surface area contributed by atoms with Crippen molar-refractivity contribution in [2.24, 2.45) is 59.2 Å². The average molecular weight is 1070 g/mol. The molecule has 0 N–H and O–H groups in total. The Hall–Kier alpha value is -0.520. The van der Waals surface area contributed by atoms with Gasteiger partial charge in [-0.3, -0.25) is 0 Å². The number of allylic oxidation sites excluding steroid dienone is 4. The van der Waals surface area contributed by atoms with Gasteiger partial charge in [0.05, 0.1) is 0 Å². The van der Waals surface area contributed by atoms with E-state index in [9.17, 15) is 0 Å². The van der Waals surface area contributed by atoms with Crippen molar-refractivity contribution in [2.45, 2.75) is 409 Å². The van der Waals surface area contributed by atoms with E-state index in [0.717, 1.165) is 23.7 Å². The molecule has 76 heavy (non-hydrogen) atoms. The molecule has 0 amide bonds. The molecule has 14 fully saturated rings. The second-order valence-corrected chi connectivity index (χ2v) is 25.4. The Morgan fingerprint density at radius 1 is 0.171 bits per heavy atom. The molecule has 2 atom stereocenters. The van der Waals surface area contributed by atoms with Crippen molar-refractivity contribution in [3.05, 3.63) is 24.3 Å². The molecule has 0 heteroatoms. The first-order valence-electron chi connectivity index (χ1n) is 31.6. The van der Waals surface area contributed by atoms with Crippen LogP contribution in [0, 0.1) is 59.2 Å². The van der Waals surface area contributed by atoms with Gasteiger partial charge in [0, 0.05) is 0 Å². The van der Waals surface area contributed by atoms with Crippen LogP contribution >= 0.6 is 0 Å². The van der Waals surface area contributed by atoms with E-state index >= 15 is 0 Å². The summed E-state index contributed by atoms with van der Waals surface area (Å²) >= 11 is 0. The predicted molar refractivity (Wildman–Crippen MR) is 363 cm³/mol. The van der Waals surface area contributed by atoms with Gasteiger partial charge in [0.25, 0.3) is 0 Å². The van der Waals surface area contributed by atoms with E-state index in [4.69, 9.17) is 0 Å². The summed E-state index contributed by atoms with van der Waals surface area (Å²) in [5.74, 6) is 11.3. The molecule has 14 saturated carbocycles. The van der Waals surface area contributed by atoms with Crippen LogP contribution in [0.3, 0.4) is 0 Å². The molecule has 0 aromatic heterocycles. The lowest BCUT2D eigenvalue weighted by molar-refractivity contribution is 0.0198. The molecular weight excluding hydrogens is 913 g/mol. The minimum absolute atomic E-state index is 0. The molecule has 464 valence electrons. The van der Waals surface area contributed by atoms with Gasteiger partial charge in [-0.2, -0.15) is 0 Å². The summed E-state index contributed by atoms with van der Waals surface area (Å²) in [7, 11) is 0. The second-order valence-electron chi connectivity index (χ2n) is 25.4. The predicted octanol–water partition coefficient (Wildman–Crippen LogP) is 29.2. The van der Waals surface area contributed by atoms with Crippen molar-refractivity contribution in [1.82, 2.24) is 0 Å². The fraction of sp³-hybridized carbons (Fsp3) is 0.947. The standard InChI is InChI=1S/C10H16.C10H18.C7H12.C7H10.C7H14.C6H12.C6H10.C5H10.C4H8.C3H6.11CH4/c1-7-2-9-4-8(1)5-10(3-7)6-9;1-2-6-10-8-4-3-7-9(10)5-1;2*1-2-7-4-3-6(1)5-7;1-2-4-6-7-5-3-1;2*1-2-4-6-5-3-1;1-2-4-5-3-1;1-2-4-3-1;1-2-3-1;;;;;;;;;;;/h7-10H,1-6H2;9-10H,1-8H2;6-7H,1-5H2;1-2,6-7H,3-5H2;1-7H2;1-6H2;1-2H,3-6H2;1-5H2;1-4H2;1-3H2;11*1H4. The Labute approximate surface area is 490 Å². The third-order valence-electron chi connectivity index (χ3n) is 19.3. The Bertz CT molecular complexity index is 994. The van der Waals surface area contributed by atoms with E-state index in [1.807, 2.05) is 0 Å². The smallest absolute Gasteiger partial charge is 0.0228 e. The molecule has 16 rings (SSSR count). The highest BCUT2D eigenvalue weighted by Gasteiger charge is 2.41. The monoisotopic (exact) mass is 1070 g/mol. The SMILES string of the molecule is C.C.C.C.C.C.C.C.C.C.C.C1=CC2CCC1C2.C1=CCCCC1.C1C2CC3CC1CC(C2)C3.C1CC1.C1CC2CCC1C2.C1CCC1.C1CCC2CCCCC2C1.C1CCCC1.C1CCCCC1.C1CCCCCC1. The van der Waals surface area contributed by atoms with Crippen molar-refractivity contribution < 1.29 is 0 Å². The third-order valence-corrected chi connectivity index (χ3v) is 19.3. The van der Waals surface area contributed by atoms with Crippen LogP contribution in [0.5, 0.6) is 0 Å². The fourth-order valence-electron chi connectivity index (χ4n) is 14.9. The van der Waals surface area contributed by atoms with Gasteiger partial charge in [0.2, 0.25) is 0 Å². The lowest BCUT2D eigenvalue weighted by Crippen LogP contribution is -2.38. The maximum Gasteiger partial charge on any atom is -0.0228 e. The summed E-state index contributed by atoms with van der Waals surface area (Å²) in [5.41, 5.74) is 0. The highest BCUT2D eigenvalue weighted by molar-refractivity contribution is 5.06. The second kappa shape index (κ2) is 56.3. The van der Waals surface area contributed by atoms with Crippen LogP contribution in [-0.4, -0.2) is 0 Å². The van der Waals surface area contributed by atoms with E-state index in [1.54, 1.807) is 96.3 Å². The molecule has 0 radical (unpaired) electrons. The van der Waals surface area contributed by atoms with E-state index < -0.39 is 0 Å². The fourth-order valence-corrected chi connectivity index (χ4v) is 14.9. The molecule has 0 aromatic carbocycles. The van der Waals surface area contributed by atoms with Gasteiger partial charge in [-0.25, -0.2) is 0 Å². The normalized spacial score (nSPS) is 31.2. The van der Waals surface area contributed by atoms with Gasteiger partial charge in [-0.15, -0.1) is 0 Å². The summed E-state index contributed by atoms with van der Waals surface area (Å²) in [6.45, 7) is 0. The lowest BCUT2D eigenvalue weighted by Gasteiger charge is -2.49. The molecule has 0 spiro atoms. The van der Waals surface area contributed by atoms with Crippen LogP contribution in [-0.2, 0) is 0 Å². The highest BCUT2D eigenvalue weighted by Crippen LogP contribution is 2.53. The van der Waals surface area contributed by atoms with Crippen LogP contribution in [0.25, 0.3) is 0 Å². The molecule has 8 bridgehead atoms. The molecule has 2 unspecified atom stereocenters. The molecule has 16 aliphatic carbocycles. The Balaban J connectivity index is -0.000000179. The molecule has 0 nitrogen and oxygen atoms in total. The third kappa shape index (κ3) is 39.8. The van der Waals surface area contributed by atoms with Crippen molar-refractivity contribution in [1.29, 1.82) is 0 Å². The Kier molecular flexibility index (Phi) is 64.3. The maximum atomic E-state index is 2.38. The van der Waals surface area contributed by atoms with Crippen LogP contribution in [0.2, 0.25) is 0 Å². The molecule has 16 aliphatic rings. The molecule has 0 heterocycles. The maximum absolute atomic E-state index is 2.38.